The fraction of sp³-hybridized carbons (Fsp3) is 0. The van der Waals surface area contributed by atoms with E-state index in [1.807, 2.05) is 60.7 Å². The zero-order valence-corrected chi connectivity index (χ0v) is 14.0. The monoisotopic (exact) mass is 353 g/mol. The van der Waals surface area contributed by atoms with Crippen LogP contribution in [-0.4, -0.2) is 11.2 Å². The van der Waals surface area contributed by atoms with Gasteiger partial charge in [0.2, 0.25) is 5.13 Å². The standard InChI is InChI=1S/C18H12ClN3OS/c19-14-6-2-1-5-13(14)16-10-9-12(23-16)11-20-22-18-21-15-7-3-4-8-17(15)24-18/h1-11H,(H,21,22). The van der Waals surface area contributed by atoms with Crippen LogP contribution < -0.4 is 5.43 Å². The normalized spacial score (nSPS) is 11.4. The molecule has 2 aromatic carbocycles. The van der Waals surface area contributed by atoms with Crippen molar-refractivity contribution in [1.82, 2.24) is 4.98 Å². The maximum Gasteiger partial charge on any atom is 0.204 e. The Labute approximate surface area is 147 Å². The van der Waals surface area contributed by atoms with Crippen molar-refractivity contribution in [3.63, 3.8) is 0 Å². The van der Waals surface area contributed by atoms with Crippen LogP contribution in [0.15, 0.2) is 70.2 Å². The summed E-state index contributed by atoms with van der Waals surface area (Å²) in [6.45, 7) is 0. The largest absolute Gasteiger partial charge is 0.455 e. The topological polar surface area (TPSA) is 50.4 Å². The first-order chi connectivity index (χ1) is 11.8. The van der Waals surface area contributed by atoms with Crippen LogP contribution in [0.4, 0.5) is 5.13 Å². The number of rotatable bonds is 4. The third-order valence-corrected chi connectivity index (χ3v) is 4.68. The van der Waals surface area contributed by atoms with Crippen LogP contribution in [0.3, 0.4) is 0 Å². The van der Waals surface area contributed by atoms with Crippen LogP contribution in [0, 0.1) is 0 Å². The van der Waals surface area contributed by atoms with Crippen molar-refractivity contribution >= 4 is 44.5 Å². The quantitative estimate of drug-likeness (QED) is 0.380. The molecule has 0 atom stereocenters. The van der Waals surface area contributed by atoms with Gasteiger partial charge in [0.25, 0.3) is 0 Å². The minimum atomic E-state index is 0.638. The van der Waals surface area contributed by atoms with E-state index in [9.17, 15) is 0 Å². The molecule has 2 aromatic heterocycles. The molecule has 0 saturated carbocycles. The molecule has 0 saturated heterocycles. The van der Waals surface area contributed by atoms with Crippen molar-refractivity contribution in [2.24, 2.45) is 5.10 Å². The summed E-state index contributed by atoms with van der Waals surface area (Å²) in [5.41, 5.74) is 4.75. The lowest BCUT2D eigenvalue weighted by molar-refractivity contribution is 0.575. The Morgan fingerprint density at radius 2 is 1.88 bits per heavy atom. The Balaban J connectivity index is 1.49. The summed E-state index contributed by atoms with van der Waals surface area (Å²) < 4.78 is 6.88. The number of benzene rings is 2. The Hall–Kier alpha value is -2.63. The van der Waals surface area contributed by atoms with E-state index in [-0.39, 0.29) is 0 Å². The van der Waals surface area contributed by atoms with Crippen LogP contribution >= 0.6 is 22.9 Å². The fourth-order valence-electron chi connectivity index (χ4n) is 2.30. The predicted octanol–water partition coefficient (Wildman–Crippen LogP) is 5.66. The smallest absolute Gasteiger partial charge is 0.204 e. The van der Waals surface area contributed by atoms with Gasteiger partial charge < -0.3 is 4.42 Å². The molecule has 2 heterocycles. The zero-order valence-electron chi connectivity index (χ0n) is 12.4. The van der Waals surface area contributed by atoms with Gasteiger partial charge in [-0.25, -0.2) is 4.98 Å². The number of hydrogen-bond acceptors (Lipinski definition) is 5. The van der Waals surface area contributed by atoms with Crippen LogP contribution in [0.5, 0.6) is 0 Å². The number of hydrazone groups is 1. The lowest BCUT2D eigenvalue weighted by atomic mass is 10.2. The molecule has 0 radical (unpaired) electrons. The molecular weight excluding hydrogens is 342 g/mol. The summed E-state index contributed by atoms with van der Waals surface area (Å²) in [4.78, 5) is 4.45. The summed E-state index contributed by atoms with van der Waals surface area (Å²) in [6, 6.07) is 19.3. The van der Waals surface area contributed by atoms with Gasteiger partial charge in [-0.3, -0.25) is 5.43 Å². The second-order valence-electron chi connectivity index (χ2n) is 5.04. The van der Waals surface area contributed by atoms with Crippen LogP contribution in [0.25, 0.3) is 21.5 Å². The second-order valence-corrected chi connectivity index (χ2v) is 6.48. The fourth-order valence-corrected chi connectivity index (χ4v) is 3.34. The highest BCUT2D eigenvalue weighted by atomic mass is 35.5. The minimum absolute atomic E-state index is 0.638. The van der Waals surface area contributed by atoms with Crippen LogP contribution in [0.2, 0.25) is 5.02 Å². The third-order valence-electron chi connectivity index (χ3n) is 3.41. The van der Waals surface area contributed by atoms with E-state index in [0.29, 0.717) is 16.5 Å². The van der Waals surface area contributed by atoms with Crippen LogP contribution in [-0.2, 0) is 0 Å². The molecule has 0 aliphatic carbocycles. The van der Waals surface area contributed by atoms with Crippen LogP contribution in [0.1, 0.15) is 5.76 Å². The lowest BCUT2D eigenvalue weighted by Crippen LogP contribution is -1.88. The molecule has 0 unspecified atom stereocenters. The van der Waals surface area contributed by atoms with Gasteiger partial charge in [-0.15, -0.1) is 0 Å². The molecule has 0 spiro atoms. The van der Waals surface area contributed by atoms with Crippen molar-refractivity contribution in [3.05, 3.63) is 71.4 Å². The maximum atomic E-state index is 6.18. The van der Waals surface area contributed by atoms with Gasteiger partial charge in [0.1, 0.15) is 11.5 Å². The number of hydrogen-bond donors (Lipinski definition) is 1. The number of nitrogens with zero attached hydrogens (tertiary/aromatic N) is 2. The average molecular weight is 354 g/mol. The van der Waals surface area contributed by atoms with Gasteiger partial charge in [0, 0.05) is 5.56 Å². The molecule has 0 bridgehead atoms. The maximum absolute atomic E-state index is 6.18. The molecule has 4 rings (SSSR count). The Morgan fingerprint density at radius 1 is 1.04 bits per heavy atom. The number of fused-ring (bicyclic) bond motifs is 1. The molecule has 4 aromatic rings. The summed E-state index contributed by atoms with van der Waals surface area (Å²) in [7, 11) is 0. The van der Waals surface area contributed by atoms with Gasteiger partial charge in [-0.1, -0.05) is 47.2 Å². The molecular formula is C18H12ClN3OS. The lowest BCUT2D eigenvalue weighted by Gasteiger charge is -1.98. The van der Waals surface area contributed by atoms with E-state index >= 15 is 0 Å². The van der Waals surface area contributed by atoms with Gasteiger partial charge in [0.15, 0.2) is 0 Å². The molecule has 118 valence electrons. The van der Waals surface area contributed by atoms with Crippen molar-refractivity contribution < 1.29 is 4.42 Å². The first kappa shape index (κ1) is 14.9. The van der Waals surface area contributed by atoms with Crippen molar-refractivity contribution in [2.75, 3.05) is 5.43 Å². The molecule has 6 heteroatoms. The van der Waals surface area contributed by atoms with E-state index in [0.717, 1.165) is 20.9 Å². The molecule has 4 nitrogen and oxygen atoms in total. The second kappa shape index (κ2) is 6.47. The number of aromatic nitrogens is 1. The molecule has 1 N–H and O–H groups in total. The Kier molecular flexibility index (Phi) is 4.02. The third kappa shape index (κ3) is 3.04. The Morgan fingerprint density at radius 3 is 2.75 bits per heavy atom. The van der Waals surface area contributed by atoms with E-state index in [1.165, 1.54) is 0 Å². The number of furan rings is 1. The summed E-state index contributed by atoms with van der Waals surface area (Å²) >= 11 is 7.73. The van der Waals surface area contributed by atoms with Crippen molar-refractivity contribution in [3.8, 4) is 11.3 Å². The highest BCUT2D eigenvalue weighted by molar-refractivity contribution is 7.22. The van der Waals surface area contributed by atoms with Gasteiger partial charge in [-0.2, -0.15) is 5.10 Å². The van der Waals surface area contributed by atoms with E-state index in [2.05, 4.69) is 15.5 Å². The highest BCUT2D eigenvalue weighted by Crippen LogP contribution is 2.29. The van der Waals surface area contributed by atoms with Gasteiger partial charge in [0.05, 0.1) is 21.5 Å². The van der Waals surface area contributed by atoms with E-state index in [1.54, 1.807) is 17.6 Å². The minimum Gasteiger partial charge on any atom is -0.455 e. The number of nitrogens with one attached hydrogen (secondary N) is 1. The predicted molar refractivity (Wildman–Crippen MR) is 100.0 cm³/mol. The first-order valence-electron chi connectivity index (χ1n) is 7.29. The summed E-state index contributed by atoms with van der Waals surface area (Å²) in [5.74, 6) is 1.35. The molecule has 24 heavy (non-hydrogen) atoms. The Bertz CT molecular complexity index is 989. The van der Waals surface area contributed by atoms with Gasteiger partial charge in [-0.05, 0) is 36.4 Å². The zero-order chi connectivity index (χ0) is 16.4. The summed E-state index contributed by atoms with van der Waals surface area (Å²) in [6.07, 6.45) is 1.62. The van der Waals surface area contributed by atoms with E-state index < -0.39 is 0 Å². The number of anilines is 1. The molecule has 0 fully saturated rings. The van der Waals surface area contributed by atoms with Crippen molar-refractivity contribution in [1.29, 1.82) is 0 Å². The number of halogens is 1. The summed E-state index contributed by atoms with van der Waals surface area (Å²) in [5, 5.41) is 5.58. The number of thiazole rings is 1. The number of para-hydroxylation sites is 1. The molecule has 0 aliphatic heterocycles. The SMILES string of the molecule is Clc1ccccc1-c1ccc(C=NNc2nc3ccccc3s2)o1. The highest BCUT2D eigenvalue weighted by Gasteiger charge is 2.07. The van der Waals surface area contributed by atoms with Gasteiger partial charge >= 0.3 is 0 Å². The first-order valence-corrected chi connectivity index (χ1v) is 8.48. The average Bonchev–Trinajstić information content (AvgIpc) is 3.22. The van der Waals surface area contributed by atoms with Crippen molar-refractivity contribution in [2.45, 2.75) is 0 Å². The molecule has 0 amide bonds. The van der Waals surface area contributed by atoms with E-state index in [4.69, 9.17) is 16.0 Å². The molecule has 0 aliphatic rings.